The number of nitrogens with zero attached hydrogens (tertiary/aromatic N) is 3. The molecule has 0 amide bonds. The van der Waals surface area contributed by atoms with Crippen LogP contribution in [0, 0.1) is 5.82 Å². The molecule has 0 saturated carbocycles. The highest BCUT2D eigenvalue weighted by molar-refractivity contribution is 5.96. The normalized spacial score (nSPS) is 14.4. The molecule has 0 N–H and O–H groups in total. The summed E-state index contributed by atoms with van der Waals surface area (Å²) in [4.78, 5) is 17.5. The summed E-state index contributed by atoms with van der Waals surface area (Å²) < 4.78 is 15.8. The Balaban J connectivity index is 0.00000256. The van der Waals surface area contributed by atoms with Gasteiger partial charge >= 0.3 is 0 Å². The van der Waals surface area contributed by atoms with Crippen LogP contribution in [0.3, 0.4) is 0 Å². The van der Waals surface area contributed by atoms with E-state index >= 15 is 0 Å². The van der Waals surface area contributed by atoms with Gasteiger partial charge in [0.15, 0.2) is 5.78 Å². The van der Waals surface area contributed by atoms with Gasteiger partial charge in [-0.3, -0.25) is 9.69 Å². The van der Waals surface area contributed by atoms with E-state index in [1.165, 1.54) is 11.8 Å². The van der Waals surface area contributed by atoms with Crippen LogP contribution < -0.4 is 4.90 Å². The molecular weight excluding hydrogens is 401 g/mol. The molecular formula is C24H27ClFN3O. The highest BCUT2D eigenvalue weighted by Crippen LogP contribution is 2.16. The SMILES string of the molecule is Cl.O=C(CN1CCN(c2ccccc2)CC1)c1cccn1CCc1ccccc1F. The molecule has 0 bridgehead atoms. The summed E-state index contributed by atoms with van der Waals surface area (Å²) in [7, 11) is 0. The number of Topliss-reactive ketones (excluding diaryl/α,β-unsaturated/α-hetero) is 1. The Bertz CT molecular complexity index is 952. The summed E-state index contributed by atoms with van der Waals surface area (Å²) in [6.07, 6.45) is 2.47. The fourth-order valence-corrected chi connectivity index (χ4v) is 3.89. The highest BCUT2D eigenvalue weighted by atomic mass is 35.5. The number of hydrogen-bond acceptors (Lipinski definition) is 3. The summed E-state index contributed by atoms with van der Waals surface area (Å²) in [5.41, 5.74) is 2.61. The van der Waals surface area contributed by atoms with Crippen molar-refractivity contribution in [1.29, 1.82) is 0 Å². The molecule has 1 aromatic heterocycles. The molecule has 1 saturated heterocycles. The van der Waals surface area contributed by atoms with Gasteiger partial charge in [-0.15, -0.1) is 12.4 Å². The van der Waals surface area contributed by atoms with Crippen molar-refractivity contribution in [2.45, 2.75) is 13.0 Å². The first kappa shape index (κ1) is 22.1. The standard InChI is InChI=1S/C24H26FN3O.ClH/c25-22-10-5-4-7-20(22)12-14-28-13-6-11-23(28)24(29)19-26-15-17-27(18-16-26)21-8-2-1-3-9-21;/h1-11,13H,12,14-19H2;1H. The van der Waals surface area contributed by atoms with Crippen LogP contribution in [0.5, 0.6) is 0 Å². The first-order valence-electron chi connectivity index (χ1n) is 10.1. The lowest BCUT2D eigenvalue weighted by molar-refractivity contribution is 0.0917. The quantitative estimate of drug-likeness (QED) is 0.526. The van der Waals surface area contributed by atoms with Gasteiger partial charge in [-0.25, -0.2) is 4.39 Å². The number of aromatic nitrogens is 1. The Morgan fingerprint density at radius 1 is 0.867 bits per heavy atom. The van der Waals surface area contributed by atoms with Gasteiger partial charge in [0.2, 0.25) is 0 Å². The molecule has 30 heavy (non-hydrogen) atoms. The van der Waals surface area contributed by atoms with Crippen LogP contribution in [0.25, 0.3) is 0 Å². The van der Waals surface area contributed by atoms with Crippen molar-refractivity contribution >= 4 is 23.9 Å². The number of para-hydroxylation sites is 1. The molecule has 3 aromatic rings. The van der Waals surface area contributed by atoms with E-state index in [0.29, 0.717) is 30.8 Å². The molecule has 6 heteroatoms. The number of piperazine rings is 1. The van der Waals surface area contributed by atoms with Gasteiger partial charge in [0.1, 0.15) is 5.82 Å². The number of carbonyl (C=O) groups is 1. The van der Waals surface area contributed by atoms with Crippen LogP contribution >= 0.6 is 12.4 Å². The van der Waals surface area contributed by atoms with Crippen molar-refractivity contribution in [3.8, 4) is 0 Å². The maximum atomic E-state index is 13.9. The molecule has 2 heterocycles. The van der Waals surface area contributed by atoms with E-state index in [4.69, 9.17) is 0 Å². The van der Waals surface area contributed by atoms with Crippen LogP contribution in [0.15, 0.2) is 72.9 Å². The minimum Gasteiger partial charge on any atom is -0.369 e. The smallest absolute Gasteiger partial charge is 0.193 e. The number of anilines is 1. The van der Waals surface area contributed by atoms with E-state index < -0.39 is 0 Å². The van der Waals surface area contributed by atoms with Gasteiger partial charge in [-0.2, -0.15) is 0 Å². The summed E-state index contributed by atoms with van der Waals surface area (Å²) in [5.74, 6) is -0.0690. The monoisotopic (exact) mass is 427 g/mol. The van der Waals surface area contributed by atoms with Crippen molar-refractivity contribution < 1.29 is 9.18 Å². The average molecular weight is 428 g/mol. The van der Waals surface area contributed by atoms with Crippen LogP contribution in [0.2, 0.25) is 0 Å². The van der Waals surface area contributed by atoms with Gasteiger partial charge in [0.05, 0.1) is 12.2 Å². The minimum atomic E-state index is -0.191. The van der Waals surface area contributed by atoms with Crippen molar-refractivity contribution in [2.75, 3.05) is 37.6 Å². The number of halogens is 2. The Morgan fingerprint density at radius 3 is 2.30 bits per heavy atom. The molecule has 158 valence electrons. The van der Waals surface area contributed by atoms with Crippen LogP contribution in [-0.4, -0.2) is 48.0 Å². The fourth-order valence-electron chi connectivity index (χ4n) is 3.89. The molecule has 0 radical (unpaired) electrons. The molecule has 4 nitrogen and oxygen atoms in total. The minimum absolute atomic E-state index is 0. The number of carbonyl (C=O) groups excluding carboxylic acids is 1. The van der Waals surface area contributed by atoms with Crippen LogP contribution in [-0.2, 0) is 13.0 Å². The van der Waals surface area contributed by atoms with Crippen molar-refractivity contribution in [3.05, 3.63) is 90.0 Å². The van der Waals surface area contributed by atoms with E-state index in [1.54, 1.807) is 12.1 Å². The molecule has 1 aliphatic heterocycles. The van der Waals surface area contributed by atoms with Crippen LogP contribution in [0.4, 0.5) is 10.1 Å². The predicted octanol–water partition coefficient (Wildman–Crippen LogP) is 4.30. The zero-order valence-corrected chi connectivity index (χ0v) is 17.7. The summed E-state index contributed by atoms with van der Waals surface area (Å²) >= 11 is 0. The second-order valence-corrected chi connectivity index (χ2v) is 7.45. The lowest BCUT2D eigenvalue weighted by Gasteiger charge is -2.35. The highest BCUT2D eigenvalue weighted by Gasteiger charge is 2.21. The zero-order chi connectivity index (χ0) is 20.1. The lowest BCUT2D eigenvalue weighted by Crippen LogP contribution is -2.48. The molecule has 0 atom stereocenters. The van der Waals surface area contributed by atoms with Crippen molar-refractivity contribution in [3.63, 3.8) is 0 Å². The number of rotatable bonds is 7. The van der Waals surface area contributed by atoms with E-state index in [2.05, 4.69) is 34.1 Å². The average Bonchev–Trinajstić information content (AvgIpc) is 3.23. The van der Waals surface area contributed by atoms with Gasteiger partial charge in [-0.05, 0) is 42.3 Å². The van der Waals surface area contributed by atoms with E-state index in [9.17, 15) is 9.18 Å². The molecule has 2 aromatic carbocycles. The Hall–Kier alpha value is -2.63. The third-order valence-electron chi connectivity index (χ3n) is 5.56. The first-order chi connectivity index (χ1) is 14.2. The molecule has 0 unspecified atom stereocenters. The second-order valence-electron chi connectivity index (χ2n) is 7.45. The Morgan fingerprint density at radius 2 is 1.57 bits per heavy atom. The van der Waals surface area contributed by atoms with Gasteiger partial charge in [-0.1, -0.05) is 36.4 Å². The number of hydrogen-bond donors (Lipinski definition) is 0. The third kappa shape index (κ3) is 5.29. The Labute approximate surface area is 183 Å². The lowest BCUT2D eigenvalue weighted by atomic mass is 10.1. The van der Waals surface area contributed by atoms with Crippen LogP contribution in [0.1, 0.15) is 16.1 Å². The first-order valence-corrected chi connectivity index (χ1v) is 10.1. The third-order valence-corrected chi connectivity index (χ3v) is 5.56. The Kier molecular flexibility index (Phi) is 7.66. The van der Waals surface area contributed by atoms with E-state index in [1.807, 2.05) is 35.0 Å². The molecule has 0 aliphatic carbocycles. The largest absolute Gasteiger partial charge is 0.369 e. The molecule has 1 fully saturated rings. The number of aryl methyl sites for hydroxylation is 2. The van der Waals surface area contributed by atoms with E-state index in [-0.39, 0.29) is 24.0 Å². The summed E-state index contributed by atoms with van der Waals surface area (Å²) in [5, 5.41) is 0. The van der Waals surface area contributed by atoms with Gasteiger partial charge < -0.3 is 9.47 Å². The second kappa shape index (κ2) is 10.4. The fraction of sp³-hybridized carbons (Fsp3) is 0.292. The van der Waals surface area contributed by atoms with Gasteiger partial charge in [0.25, 0.3) is 0 Å². The summed E-state index contributed by atoms with van der Waals surface area (Å²) in [6.45, 7) is 4.60. The number of benzene rings is 2. The van der Waals surface area contributed by atoms with Crippen molar-refractivity contribution in [2.24, 2.45) is 0 Å². The molecule has 4 rings (SSSR count). The zero-order valence-electron chi connectivity index (χ0n) is 16.9. The van der Waals surface area contributed by atoms with Gasteiger partial charge in [0, 0.05) is 44.6 Å². The topological polar surface area (TPSA) is 28.5 Å². The van der Waals surface area contributed by atoms with E-state index in [0.717, 1.165) is 26.2 Å². The number of ketones is 1. The molecule has 1 aliphatic rings. The predicted molar refractivity (Wildman–Crippen MR) is 121 cm³/mol. The molecule has 0 spiro atoms. The maximum absolute atomic E-state index is 13.9. The maximum Gasteiger partial charge on any atom is 0.193 e. The van der Waals surface area contributed by atoms with Crippen molar-refractivity contribution in [1.82, 2.24) is 9.47 Å². The summed E-state index contributed by atoms with van der Waals surface area (Å²) in [6, 6.07) is 21.0.